The second-order valence-corrected chi connectivity index (χ2v) is 15.3. The molecular weight excluding hydrogens is 476 g/mol. The van der Waals surface area contributed by atoms with E-state index in [-0.39, 0.29) is 10.7 Å². The second kappa shape index (κ2) is 9.84. The Balaban J connectivity index is 1.68. The molecule has 2 heterocycles. The van der Waals surface area contributed by atoms with Crippen LogP contribution in [0.15, 0.2) is 88.1 Å². The summed E-state index contributed by atoms with van der Waals surface area (Å²) in [7, 11) is -0.679. The van der Waals surface area contributed by atoms with Crippen LogP contribution in [0.3, 0.4) is 0 Å². The molecule has 1 aromatic heterocycles. The van der Waals surface area contributed by atoms with Crippen molar-refractivity contribution in [2.45, 2.75) is 32.7 Å². The molecule has 6 heteroatoms. The number of piperazine rings is 1. The molecule has 0 atom stereocenters. The van der Waals surface area contributed by atoms with Crippen molar-refractivity contribution in [3.8, 4) is 5.75 Å². The molecule has 0 spiro atoms. The third-order valence-corrected chi connectivity index (χ3v) is 12.5. The van der Waals surface area contributed by atoms with Crippen LogP contribution in [-0.2, 0) is 0 Å². The third-order valence-electron chi connectivity index (χ3n) is 7.61. The predicted molar refractivity (Wildman–Crippen MR) is 155 cm³/mol. The van der Waals surface area contributed by atoms with Crippen LogP contribution in [0.1, 0.15) is 26.3 Å². The Bertz CT molecular complexity index is 1400. The first-order valence-electron chi connectivity index (χ1n) is 13.0. The minimum atomic E-state index is -2.81. The highest BCUT2D eigenvalue weighted by molar-refractivity contribution is 7.00. The van der Waals surface area contributed by atoms with Gasteiger partial charge in [-0.25, -0.2) is 4.79 Å². The molecule has 192 valence electrons. The molecule has 4 aromatic rings. The zero-order valence-electron chi connectivity index (χ0n) is 22.5. The van der Waals surface area contributed by atoms with Gasteiger partial charge in [0.15, 0.2) is 0 Å². The van der Waals surface area contributed by atoms with E-state index in [0.29, 0.717) is 5.58 Å². The number of hydrogen-bond acceptors (Lipinski definition) is 5. The molecule has 0 unspecified atom stereocenters. The zero-order chi connectivity index (χ0) is 26.2. The van der Waals surface area contributed by atoms with Gasteiger partial charge in [0.05, 0.1) is 5.69 Å². The average Bonchev–Trinajstić information content (AvgIpc) is 2.89. The smallest absolute Gasteiger partial charge is 0.338 e. The lowest BCUT2D eigenvalue weighted by molar-refractivity contribution is 0.313. The van der Waals surface area contributed by atoms with Crippen molar-refractivity contribution in [2.75, 3.05) is 38.1 Å². The maximum atomic E-state index is 12.7. The maximum absolute atomic E-state index is 12.7. The molecule has 0 radical (unpaired) electrons. The molecule has 5 rings (SSSR count). The van der Waals surface area contributed by atoms with Crippen molar-refractivity contribution in [2.24, 2.45) is 0 Å². The Morgan fingerprint density at radius 1 is 0.838 bits per heavy atom. The van der Waals surface area contributed by atoms with Gasteiger partial charge >= 0.3 is 13.9 Å². The van der Waals surface area contributed by atoms with Gasteiger partial charge in [-0.2, -0.15) is 0 Å². The SMILES string of the molecule is Cc1c(O[Si](c2ccccc2)(c2ccccc2)C(C)(C)C)ccc2c(N3CCN(C)CC3)cc(=O)oc12. The molecule has 1 fully saturated rings. The summed E-state index contributed by atoms with van der Waals surface area (Å²) >= 11 is 0. The van der Waals surface area contributed by atoms with E-state index in [0.717, 1.165) is 48.6 Å². The van der Waals surface area contributed by atoms with Crippen molar-refractivity contribution < 1.29 is 8.84 Å². The lowest BCUT2D eigenvalue weighted by atomic mass is 10.1. The van der Waals surface area contributed by atoms with Crippen molar-refractivity contribution in [3.05, 3.63) is 94.8 Å². The average molecular weight is 513 g/mol. The molecule has 0 N–H and O–H groups in total. The first kappa shape index (κ1) is 25.3. The van der Waals surface area contributed by atoms with Gasteiger partial charge in [0, 0.05) is 43.2 Å². The number of hydrogen-bond donors (Lipinski definition) is 0. The van der Waals surface area contributed by atoms with Crippen LogP contribution < -0.4 is 25.3 Å². The molecule has 1 aliphatic heterocycles. The van der Waals surface area contributed by atoms with Gasteiger partial charge in [0.25, 0.3) is 0 Å². The van der Waals surface area contributed by atoms with Gasteiger partial charge < -0.3 is 18.6 Å². The topological polar surface area (TPSA) is 45.9 Å². The van der Waals surface area contributed by atoms with E-state index < -0.39 is 8.32 Å². The Labute approximate surface area is 220 Å². The van der Waals surface area contributed by atoms with Crippen LogP contribution in [0.5, 0.6) is 5.75 Å². The lowest BCUT2D eigenvalue weighted by Gasteiger charge is -2.43. The first-order chi connectivity index (χ1) is 17.7. The monoisotopic (exact) mass is 512 g/mol. The van der Waals surface area contributed by atoms with Gasteiger partial charge in [0.1, 0.15) is 11.3 Å². The minimum absolute atomic E-state index is 0.167. The van der Waals surface area contributed by atoms with E-state index in [2.05, 4.69) is 98.3 Å². The first-order valence-corrected chi connectivity index (χ1v) is 14.9. The summed E-state index contributed by atoms with van der Waals surface area (Å²) in [6, 6.07) is 27.0. The standard InChI is InChI=1S/C31H36N2O3Si/c1-23-28(17-16-26-27(22-29(34)35-30(23)26)33-20-18-32(5)19-21-33)36-37(31(2,3)4,24-12-8-6-9-13-24)25-14-10-7-11-15-25/h6-17,22H,18-21H2,1-5H3. The largest absolute Gasteiger partial charge is 0.534 e. The van der Waals surface area contributed by atoms with Crippen LogP contribution in [0.25, 0.3) is 11.0 Å². The van der Waals surface area contributed by atoms with Crippen LogP contribution >= 0.6 is 0 Å². The molecule has 37 heavy (non-hydrogen) atoms. The molecule has 1 aliphatic rings. The molecule has 1 saturated heterocycles. The van der Waals surface area contributed by atoms with Gasteiger partial charge in [-0.1, -0.05) is 81.4 Å². The summed E-state index contributed by atoms with van der Waals surface area (Å²) in [6.07, 6.45) is 0. The molecule has 3 aromatic carbocycles. The Morgan fingerprint density at radius 3 is 1.95 bits per heavy atom. The molecule has 5 nitrogen and oxygen atoms in total. The van der Waals surface area contributed by atoms with E-state index in [1.54, 1.807) is 6.07 Å². The number of fused-ring (bicyclic) bond motifs is 1. The third kappa shape index (κ3) is 4.60. The number of benzene rings is 3. The van der Waals surface area contributed by atoms with Gasteiger partial charge in [0.2, 0.25) is 0 Å². The number of likely N-dealkylation sites (N-methyl/N-ethyl adjacent to an activating group) is 1. The van der Waals surface area contributed by atoms with Crippen LogP contribution in [-0.4, -0.2) is 46.4 Å². The van der Waals surface area contributed by atoms with Crippen molar-refractivity contribution in [3.63, 3.8) is 0 Å². The predicted octanol–water partition coefficient (Wildman–Crippen LogP) is 4.79. The molecule has 0 saturated carbocycles. The summed E-state index contributed by atoms with van der Waals surface area (Å²) in [5, 5.41) is 3.21. The number of anilines is 1. The Kier molecular flexibility index (Phi) is 6.73. The van der Waals surface area contributed by atoms with Crippen LogP contribution in [0, 0.1) is 6.92 Å². The van der Waals surface area contributed by atoms with Crippen LogP contribution in [0.4, 0.5) is 5.69 Å². The highest BCUT2D eigenvalue weighted by Crippen LogP contribution is 2.40. The summed E-state index contributed by atoms with van der Waals surface area (Å²) < 4.78 is 13.1. The fraction of sp³-hybridized carbons (Fsp3) is 0.323. The van der Waals surface area contributed by atoms with E-state index in [4.69, 9.17) is 8.84 Å². The fourth-order valence-electron chi connectivity index (χ4n) is 5.56. The molecule has 0 amide bonds. The van der Waals surface area contributed by atoms with Crippen LogP contribution in [0.2, 0.25) is 5.04 Å². The van der Waals surface area contributed by atoms with Crippen molar-refractivity contribution in [1.29, 1.82) is 0 Å². The van der Waals surface area contributed by atoms with E-state index in [9.17, 15) is 4.79 Å². The second-order valence-electron chi connectivity index (χ2n) is 11.1. The highest BCUT2D eigenvalue weighted by Gasteiger charge is 2.52. The number of nitrogens with zero attached hydrogens (tertiary/aromatic N) is 2. The van der Waals surface area contributed by atoms with Crippen molar-refractivity contribution in [1.82, 2.24) is 4.90 Å². The van der Waals surface area contributed by atoms with Gasteiger partial charge in [-0.05, 0) is 41.5 Å². The molecule has 0 bridgehead atoms. The van der Waals surface area contributed by atoms with Crippen molar-refractivity contribution >= 4 is 35.3 Å². The maximum Gasteiger partial charge on any atom is 0.338 e. The highest BCUT2D eigenvalue weighted by atomic mass is 28.4. The summed E-state index contributed by atoms with van der Waals surface area (Å²) in [5.41, 5.74) is 2.09. The van der Waals surface area contributed by atoms with Gasteiger partial charge in [-0.15, -0.1) is 0 Å². The molecule has 0 aliphatic carbocycles. The summed E-state index contributed by atoms with van der Waals surface area (Å²) in [6.45, 7) is 12.5. The Hall–Kier alpha value is -3.35. The normalized spacial score (nSPS) is 15.2. The van der Waals surface area contributed by atoms with E-state index in [1.807, 2.05) is 19.1 Å². The Morgan fingerprint density at radius 2 is 1.41 bits per heavy atom. The number of rotatable bonds is 5. The van der Waals surface area contributed by atoms with E-state index in [1.165, 1.54) is 10.4 Å². The number of aryl methyl sites for hydroxylation is 1. The molecular formula is C31H36N2O3Si. The zero-order valence-corrected chi connectivity index (χ0v) is 23.5. The summed E-state index contributed by atoms with van der Waals surface area (Å²) in [5.74, 6) is 0.764. The quantitative estimate of drug-likeness (QED) is 0.284. The minimum Gasteiger partial charge on any atom is -0.534 e. The lowest BCUT2D eigenvalue weighted by Crippen LogP contribution is -2.68. The van der Waals surface area contributed by atoms with E-state index >= 15 is 0 Å². The fourth-order valence-corrected chi connectivity index (χ4v) is 10.0. The van der Waals surface area contributed by atoms with Gasteiger partial charge in [-0.3, -0.25) is 0 Å². The summed E-state index contributed by atoms with van der Waals surface area (Å²) in [4.78, 5) is 17.3.